The third-order valence-corrected chi connectivity index (χ3v) is 4.73. The molecular weight excluding hydrogens is 362 g/mol. The maximum atomic E-state index is 11.2. The number of halogens is 1. The molecule has 0 aliphatic carbocycles. The van der Waals surface area contributed by atoms with Crippen molar-refractivity contribution in [2.24, 2.45) is 5.14 Å². The van der Waals surface area contributed by atoms with E-state index in [0.29, 0.717) is 23.6 Å². The fourth-order valence-corrected chi connectivity index (χ4v) is 3.20. The first kappa shape index (κ1) is 16.6. The van der Waals surface area contributed by atoms with E-state index in [9.17, 15) is 8.42 Å². The van der Waals surface area contributed by atoms with Gasteiger partial charge in [-0.05, 0) is 28.5 Å². The van der Waals surface area contributed by atoms with E-state index in [4.69, 9.17) is 14.6 Å². The van der Waals surface area contributed by atoms with Crippen LogP contribution in [0.4, 0.5) is 0 Å². The lowest BCUT2D eigenvalue weighted by Crippen LogP contribution is -2.48. The number of morpholine rings is 1. The Labute approximate surface area is 132 Å². The highest BCUT2D eigenvalue weighted by atomic mass is 79.9. The Morgan fingerprint density at radius 3 is 3.00 bits per heavy atom. The predicted molar refractivity (Wildman–Crippen MR) is 80.7 cm³/mol. The minimum absolute atomic E-state index is 0.0575. The first-order valence-corrected chi connectivity index (χ1v) is 8.88. The summed E-state index contributed by atoms with van der Waals surface area (Å²) >= 11 is 3.24. The lowest BCUT2D eigenvalue weighted by molar-refractivity contribution is -0.0215. The SMILES string of the molecule is CCN1CCOC[C@H]1COc1ncc(S(N)(=O)=O)cc1Br. The molecule has 1 aliphatic heterocycles. The van der Waals surface area contributed by atoms with Gasteiger partial charge in [-0.3, -0.25) is 4.90 Å². The normalized spacial score (nSPS) is 20.4. The molecule has 1 aliphatic rings. The monoisotopic (exact) mass is 379 g/mol. The minimum atomic E-state index is -3.77. The van der Waals surface area contributed by atoms with Crippen LogP contribution in [-0.4, -0.2) is 57.3 Å². The van der Waals surface area contributed by atoms with E-state index in [2.05, 4.69) is 32.7 Å². The van der Waals surface area contributed by atoms with E-state index in [1.807, 2.05) is 0 Å². The van der Waals surface area contributed by atoms with Crippen LogP contribution in [0.3, 0.4) is 0 Å². The zero-order valence-corrected chi connectivity index (χ0v) is 14.1. The Hall–Kier alpha value is -0.740. The summed E-state index contributed by atoms with van der Waals surface area (Å²) in [6, 6.07) is 1.54. The highest BCUT2D eigenvalue weighted by Crippen LogP contribution is 2.25. The Morgan fingerprint density at radius 2 is 2.38 bits per heavy atom. The molecule has 1 atom stereocenters. The fraction of sp³-hybridized carbons (Fsp3) is 0.583. The van der Waals surface area contributed by atoms with Gasteiger partial charge in [-0.25, -0.2) is 18.5 Å². The summed E-state index contributed by atoms with van der Waals surface area (Å²) < 4.78 is 34.0. The van der Waals surface area contributed by atoms with Crippen LogP contribution in [0.15, 0.2) is 21.6 Å². The molecule has 9 heteroatoms. The van der Waals surface area contributed by atoms with Crippen molar-refractivity contribution in [2.45, 2.75) is 17.9 Å². The highest BCUT2D eigenvalue weighted by Gasteiger charge is 2.23. The average Bonchev–Trinajstić information content (AvgIpc) is 2.45. The molecular formula is C12H18BrN3O4S. The summed E-state index contributed by atoms with van der Waals surface area (Å²) in [7, 11) is -3.77. The molecule has 0 bridgehead atoms. The molecule has 2 N–H and O–H groups in total. The van der Waals surface area contributed by atoms with Crippen LogP contribution < -0.4 is 9.88 Å². The van der Waals surface area contributed by atoms with Crippen LogP contribution >= 0.6 is 15.9 Å². The molecule has 118 valence electrons. The average molecular weight is 380 g/mol. The van der Waals surface area contributed by atoms with E-state index < -0.39 is 10.0 Å². The number of aromatic nitrogens is 1. The van der Waals surface area contributed by atoms with Gasteiger partial charge in [-0.2, -0.15) is 0 Å². The Balaban J connectivity index is 2.03. The lowest BCUT2D eigenvalue weighted by atomic mass is 10.2. The van der Waals surface area contributed by atoms with Gasteiger partial charge < -0.3 is 9.47 Å². The number of ether oxygens (including phenoxy) is 2. The van der Waals surface area contributed by atoms with Gasteiger partial charge >= 0.3 is 0 Å². The number of nitrogens with two attached hydrogens (primary N) is 1. The summed E-state index contributed by atoms with van der Waals surface area (Å²) in [5.41, 5.74) is 0. The van der Waals surface area contributed by atoms with Gasteiger partial charge in [-0.15, -0.1) is 0 Å². The smallest absolute Gasteiger partial charge is 0.239 e. The fourth-order valence-electron chi connectivity index (χ4n) is 2.10. The van der Waals surface area contributed by atoms with E-state index in [0.717, 1.165) is 19.7 Å². The molecule has 21 heavy (non-hydrogen) atoms. The van der Waals surface area contributed by atoms with Crippen LogP contribution in [0.25, 0.3) is 0 Å². The van der Waals surface area contributed by atoms with Gasteiger partial charge in [0.05, 0.1) is 29.9 Å². The van der Waals surface area contributed by atoms with Gasteiger partial charge in [0.25, 0.3) is 0 Å². The molecule has 0 radical (unpaired) electrons. The molecule has 1 aromatic heterocycles. The number of rotatable bonds is 5. The van der Waals surface area contributed by atoms with Gasteiger partial charge in [0.15, 0.2) is 0 Å². The van der Waals surface area contributed by atoms with Crippen molar-refractivity contribution in [3.63, 3.8) is 0 Å². The number of hydrogen-bond donors (Lipinski definition) is 1. The molecule has 1 fully saturated rings. The van der Waals surface area contributed by atoms with Gasteiger partial charge in [0.1, 0.15) is 11.5 Å². The molecule has 1 aromatic rings. The largest absolute Gasteiger partial charge is 0.475 e. The zero-order valence-electron chi connectivity index (χ0n) is 11.7. The van der Waals surface area contributed by atoms with Gasteiger partial charge in [0.2, 0.25) is 15.9 Å². The number of nitrogens with zero attached hydrogens (tertiary/aromatic N) is 2. The minimum Gasteiger partial charge on any atom is -0.475 e. The van der Waals surface area contributed by atoms with Crippen LogP contribution in [-0.2, 0) is 14.8 Å². The number of primary sulfonamides is 1. The standard InChI is InChI=1S/C12H18BrN3O4S/c1-2-16-3-4-19-7-9(16)8-20-12-11(13)5-10(6-15-12)21(14,17)18/h5-6,9H,2-4,7-8H2,1H3,(H2,14,17,18)/t9-/m0/s1. The first-order valence-electron chi connectivity index (χ1n) is 6.54. The third-order valence-electron chi connectivity index (χ3n) is 3.28. The third kappa shape index (κ3) is 4.36. The number of pyridine rings is 1. The van der Waals surface area contributed by atoms with Crippen LogP contribution in [0.5, 0.6) is 5.88 Å². The maximum absolute atomic E-state index is 11.2. The van der Waals surface area contributed by atoms with Crippen LogP contribution in [0.1, 0.15) is 6.92 Å². The second-order valence-corrected chi connectivity index (χ2v) is 7.09. The van der Waals surface area contributed by atoms with Crippen molar-refractivity contribution >= 4 is 26.0 Å². The molecule has 0 unspecified atom stereocenters. The van der Waals surface area contributed by atoms with E-state index in [1.54, 1.807) is 0 Å². The van der Waals surface area contributed by atoms with Gasteiger partial charge in [-0.1, -0.05) is 6.92 Å². The summed E-state index contributed by atoms with van der Waals surface area (Å²) in [5.74, 6) is 0.337. The van der Waals surface area contributed by atoms with Crippen molar-refractivity contribution in [3.8, 4) is 5.88 Å². The summed E-state index contributed by atoms with van der Waals surface area (Å²) in [4.78, 5) is 6.21. The quantitative estimate of drug-likeness (QED) is 0.804. The molecule has 0 aromatic carbocycles. The molecule has 0 spiro atoms. The Morgan fingerprint density at radius 1 is 1.62 bits per heavy atom. The van der Waals surface area contributed by atoms with Crippen molar-refractivity contribution in [3.05, 3.63) is 16.7 Å². The van der Waals surface area contributed by atoms with Crippen molar-refractivity contribution in [1.82, 2.24) is 9.88 Å². The Bertz CT molecular complexity index is 596. The van der Waals surface area contributed by atoms with E-state index in [1.165, 1.54) is 12.3 Å². The van der Waals surface area contributed by atoms with Crippen molar-refractivity contribution in [2.75, 3.05) is 32.9 Å². The molecule has 1 saturated heterocycles. The van der Waals surface area contributed by atoms with Crippen molar-refractivity contribution in [1.29, 1.82) is 0 Å². The predicted octanol–water partition coefficient (Wildman–Crippen LogP) is 0.591. The summed E-state index contributed by atoms with van der Waals surface area (Å²) in [6.45, 7) is 5.66. The molecule has 2 rings (SSSR count). The van der Waals surface area contributed by atoms with Crippen molar-refractivity contribution < 1.29 is 17.9 Å². The van der Waals surface area contributed by atoms with E-state index >= 15 is 0 Å². The van der Waals surface area contributed by atoms with E-state index in [-0.39, 0.29) is 10.9 Å². The topological polar surface area (TPSA) is 94.8 Å². The second-order valence-electron chi connectivity index (χ2n) is 4.67. The van der Waals surface area contributed by atoms with Crippen LogP contribution in [0.2, 0.25) is 0 Å². The number of hydrogen-bond acceptors (Lipinski definition) is 6. The first-order chi connectivity index (χ1) is 9.91. The summed E-state index contributed by atoms with van der Waals surface area (Å²) in [5, 5.41) is 5.05. The molecule has 0 saturated carbocycles. The second kappa shape index (κ2) is 7.01. The van der Waals surface area contributed by atoms with Gasteiger partial charge in [0, 0.05) is 6.54 Å². The molecule has 2 heterocycles. The lowest BCUT2D eigenvalue weighted by Gasteiger charge is -2.34. The number of sulfonamides is 1. The van der Waals surface area contributed by atoms with Crippen LogP contribution in [0, 0.1) is 0 Å². The maximum Gasteiger partial charge on any atom is 0.239 e. The summed E-state index contributed by atoms with van der Waals surface area (Å²) in [6.07, 6.45) is 1.18. The highest BCUT2D eigenvalue weighted by molar-refractivity contribution is 9.10. The number of likely N-dealkylation sites (N-methyl/N-ethyl adjacent to an activating group) is 1. The zero-order chi connectivity index (χ0) is 15.5. The Kier molecular flexibility index (Phi) is 5.55. The molecule has 7 nitrogen and oxygen atoms in total. The molecule has 0 amide bonds.